The number of hydrogen-bond donors (Lipinski definition) is 1. The quantitative estimate of drug-likeness (QED) is 0.469. The monoisotopic (exact) mass is 448 g/mol. The van der Waals surface area contributed by atoms with Crippen LogP contribution in [0.3, 0.4) is 0 Å². The van der Waals surface area contributed by atoms with Crippen LogP contribution < -0.4 is 10.1 Å². The van der Waals surface area contributed by atoms with Crippen molar-refractivity contribution >= 4 is 34.5 Å². The first-order valence-electron chi connectivity index (χ1n) is 9.21. The molecule has 0 saturated heterocycles. The summed E-state index contributed by atoms with van der Waals surface area (Å²) in [5.41, 5.74) is 0.793. The van der Waals surface area contributed by atoms with Crippen LogP contribution in [0.2, 0.25) is 0 Å². The predicted octanol–water partition coefficient (Wildman–Crippen LogP) is 5.40. The van der Waals surface area contributed by atoms with E-state index in [-0.39, 0.29) is 22.4 Å². The number of ether oxygens (including phenoxy) is 2. The first-order valence-corrected chi connectivity index (χ1v) is 10.0. The lowest BCUT2D eigenvalue weighted by Gasteiger charge is -2.15. The normalized spacial score (nSPS) is 12.2. The van der Waals surface area contributed by atoms with Gasteiger partial charge < -0.3 is 9.47 Å². The molecule has 0 fully saturated rings. The molecule has 1 N–H and O–H groups in total. The van der Waals surface area contributed by atoms with Crippen molar-refractivity contribution in [3.8, 4) is 5.75 Å². The Balaban J connectivity index is 1.91. The molecule has 1 atom stereocenters. The standard InChI is InChI=1S/C22H19F3N2O3S/c1-13(12-29-2)30-17-9-14(6-7-15-4-3-5-18(23)20(15)25)8-16(10-17)21(28)27-22-26-11-19(24)31-22/h3-11,13H,12H2,1-2H3,(H,26,27,28)/t13-/m0/s1. The van der Waals surface area contributed by atoms with E-state index in [1.54, 1.807) is 26.2 Å². The molecule has 5 nitrogen and oxygen atoms in total. The number of hydrogen-bond acceptors (Lipinski definition) is 5. The van der Waals surface area contributed by atoms with Crippen LogP contribution in [0.1, 0.15) is 28.4 Å². The fourth-order valence-corrected chi connectivity index (χ4v) is 3.27. The van der Waals surface area contributed by atoms with Crippen LogP contribution in [0.5, 0.6) is 5.75 Å². The number of carbonyl (C=O) groups excluding carboxylic acids is 1. The molecule has 1 amide bonds. The fraction of sp³-hybridized carbons (Fsp3) is 0.182. The zero-order chi connectivity index (χ0) is 22.4. The van der Waals surface area contributed by atoms with Crippen molar-refractivity contribution in [3.05, 3.63) is 76.1 Å². The Kier molecular flexibility index (Phi) is 7.43. The summed E-state index contributed by atoms with van der Waals surface area (Å²) >= 11 is 0.698. The van der Waals surface area contributed by atoms with Crippen LogP contribution in [0.15, 0.2) is 42.6 Å². The topological polar surface area (TPSA) is 60.5 Å². The molecule has 3 aromatic rings. The highest BCUT2D eigenvalue weighted by molar-refractivity contribution is 7.14. The van der Waals surface area contributed by atoms with Crippen molar-refractivity contribution in [2.45, 2.75) is 13.0 Å². The minimum Gasteiger partial charge on any atom is -0.488 e. The van der Waals surface area contributed by atoms with Gasteiger partial charge in [0, 0.05) is 18.2 Å². The van der Waals surface area contributed by atoms with Crippen molar-refractivity contribution in [1.29, 1.82) is 0 Å². The molecular formula is C22H19F3N2O3S. The molecule has 0 aliphatic carbocycles. The van der Waals surface area contributed by atoms with Crippen molar-refractivity contribution in [3.63, 3.8) is 0 Å². The second-order valence-corrected chi connectivity index (χ2v) is 7.56. The first kappa shape index (κ1) is 22.5. The zero-order valence-electron chi connectivity index (χ0n) is 16.7. The number of halogens is 3. The molecule has 162 valence electrons. The molecule has 0 bridgehead atoms. The maximum atomic E-state index is 13.9. The number of thiazole rings is 1. The highest BCUT2D eigenvalue weighted by Crippen LogP contribution is 2.23. The Bertz CT molecular complexity index is 1100. The molecule has 31 heavy (non-hydrogen) atoms. The van der Waals surface area contributed by atoms with Crippen molar-refractivity contribution in [1.82, 2.24) is 4.98 Å². The van der Waals surface area contributed by atoms with Crippen molar-refractivity contribution in [2.24, 2.45) is 0 Å². The third-order valence-corrected chi connectivity index (χ3v) is 4.77. The van der Waals surface area contributed by atoms with Gasteiger partial charge in [-0.05, 0) is 36.8 Å². The molecule has 3 rings (SSSR count). The predicted molar refractivity (Wildman–Crippen MR) is 114 cm³/mol. The molecule has 0 aliphatic heterocycles. The summed E-state index contributed by atoms with van der Waals surface area (Å²) in [5, 5.41) is 2.10. The van der Waals surface area contributed by atoms with E-state index in [0.717, 1.165) is 12.3 Å². The average molecular weight is 448 g/mol. The van der Waals surface area contributed by atoms with Crippen molar-refractivity contribution < 1.29 is 27.4 Å². The largest absolute Gasteiger partial charge is 0.488 e. The Morgan fingerprint density at radius 2 is 2.03 bits per heavy atom. The summed E-state index contributed by atoms with van der Waals surface area (Å²) in [6, 6.07) is 8.57. The van der Waals surface area contributed by atoms with Crippen molar-refractivity contribution in [2.75, 3.05) is 19.0 Å². The van der Waals surface area contributed by atoms with E-state index in [2.05, 4.69) is 10.3 Å². The maximum absolute atomic E-state index is 13.9. The van der Waals surface area contributed by atoms with E-state index in [1.165, 1.54) is 30.4 Å². The summed E-state index contributed by atoms with van der Waals surface area (Å²) < 4.78 is 51.4. The van der Waals surface area contributed by atoms with E-state index in [0.29, 0.717) is 29.3 Å². The summed E-state index contributed by atoms with van der Waals surface area (Å²) in [6.07, 6.45) is 3.64. The van der Waals surface area contributed by atoms with E-state index in [4.69, 9.17) is 9.47 Å². The second kappa shape index (κ2) is 10.2. The van der Waals surface area contributed by atoms with Gasteiger partial charge in [0.2, 0.25) is 0 Å². The van der Waals surface area contributed by atoms with Crippen LogP contribution in [0.25, 0.3) is 12.2 Å². The van der Waals surface area contributed by atoms with Crippen LogP contribution >= 0.6 is 11.3 Å². The van der Waals surface area contributed by atoms with Gasteiger partial charge in [-0.15, -0.1) is 0 Å². The molecule has 0 aliphatic rings. The summed E-state index contributed by atoms with van der Waals surface area (Å²) in [5.74, 6) is -2.07. The third kappa shape index (κ3) is 6.16. The number of rotatable bonds is 8. The minimum atomic E-state index is -0.969. The highest BCUT2D eigenvalue weighted by Gasteiger charge is 2.13. The first-order chi connectivity index (χ1) is 14.9. The number of methoxy groups -OCH3 is 1. The smallest absolute Gasteiger partial charge is 0.257 e. The van der Waals surface area contributed by atoms with Gasteiger partial charge in [-0.3, -0.25) is 10.1 Å². The Morgan fingerprint density at radius 3 is 2.74 bits per heavy atom. The molecule has 2 aromatic carbocycles. The van der Waals surface area contributed by atoms with Crippen LogP contribution in [0.4, 0.5) is 18.3 Å². The van der Waals surface area contributed by atoms with Gasteiger partial charge in [-0.25, -0.2) is 13.8 Å². The summed E-state index contributed by atoms with van der Waals surface area (Å²) in [6.45, 7) is 2.13. The molecule has 0 radical (unpaired) electrons. The SMILES string of the molecule is COC[C@H](C)Oc1cc(C=Cc2cccc(F)c2F)cc(C(=O)Nc2ncc(F)s2)c1. The molecule has 9 heteroatoms. The Hall–Kier alpha value is -3.17. The second-order valence-electron chi connectivity index (χ2n) is 6.57. The van der Waals surface area contributed by atoms with Crippen LogP contribution in [-0.4, -0.2) is 30.7 Å². The third-order valence-electron chi connectivity index (χ3n) is 4.06. The lowest BCUT2D eigenvalue weighted by Crippen LogP contribution is -2.18. The van der Waals surface area contributed by atoms with Crippen LogP contribution in [-0.2, 0) is 4.74 Å². The lowest BCUT2D eigenvalue weighted by molar-refractivity contribution is 0.0917. The van der Waals surface area contributed by atoms with Gasteiger partial charge >= 0.3 is 0 Å². The Morgan fingerprint density at radius 1 is 1.23 bits per heavy atom. The minimum absolute atomic E-state index is 0.0586. The molecule has 0 saturated carbocycles. The van der Waals surface area contributed by atoms with E-state index < -0.39 is 22.7 Å². The zero-order valence-corrected chi connectivity index (χ0v) is 17.5. The van der Waals surface area contributed by atoms with E-state index in [1.807, 2.05) is 0 Å². The molecular weight excluding hydrogens is 429 g/mol. The number of nitrogens with one attached hydrogen (secondary N) is 1. The highest BCUT2D eigenvalue weighted by atomic mass is 32.1. The fourth-order valence-electron chi connectivity index (χ4n) is 2.74. The van der Waals surface area contributed by atoms with Gasteiger partial charge in [0.1, 0.15) is 11.9 Å². The van der Waals surface area contributed by atoms with Gasteiger partial charge in [0.15, 0.2) is 21.9 Å². The lowest BCUT2D eigenvalue weighted by atomic mass is 10.1. The number of carbonyl (C=O) groups is 1. The van der Waals surface area contributed by atoms with Crippen LogP contribution in [0, 0.1) is 16.8 Å². The van der Waals surface area contributed by atoms with E-state index >= 15 is 0 Å². The Labute approximate surface area is 181 Å². The number of benzene rings is 2. The number of nitrogens with zero attached hydrogens (tertiary/aromatic N) is 1. The van der Waals surface area contributed by atoms with E-state index in [9.17, 15) is 18.0 Å². The summed E-state index contributed by atoms with van der Waals surface area (Å²) in [7, 11) is 1.54. The van der Waals surface area contributed by atoms with Gasteiger partial charge in [-0.2, -0.15) is 4.39 Å². The van der Waals surface area contributed by atoms with Gasteiger partial charge in [0.25, 0.3) is 5.91 Å². The van der Waals surface area contributed by atoms with Gasteiger partial charge in [0.05, 0.1) is 12.8 Å². The number of anilines is 1. The number of amides is 1. The number of aromatic nitrogens is 1. The maximum Gasteiger partial charge on any atom is 0.257 e. The molecule has 1 aromatic heterocycles. The average Bonchev–Trinajstić information content (AvgIpc) is 3.13. The van der Waals surface area contributed by atoms with Gasteiger partial charge in [-0.1, -0.05) is 35.6 Å². The molecule has 0 spiro atoms. The molecule has 1 heterocycles. The summed E-state index contributed by atoms with van der Waals surface area (Å²) in [4.78, 5) is 16.4. The molecule has 0 unspecified atom stereocenters.